The van der Waals surface area contributed by atoms with Crippen LogP contribution in [0.1, 0.15) is 19.4 Å². The van der Waals surface area contributed by atoms with Crippen LogP contribution in [0.2, 0.25) is 25.7 Å². The summed E-state index contributed by atoms with van der Waals surface area (Å²) in [6, 6.07) is 6.53. The van der Waals surface area contributed by atoms with Crippen LogP contribution in [0.25, 0.3) is 0 Å². The lowest BCUT2D eigenvalue weighted by atomic mass is 10.0. The molecule has 27 heavy (non-hydrogen) atoms. The molecule has 9 heteroatoms. The summed E-state index contributed by atoms with van der Waals surface area (Å²) in [7, 11) is -1.25. The minimum absolute atomic E-state index is 0.0146. The summed E-state index contributed by atoms with van der Waals surface area (Å²) < 4.78 is 5.59. The molecule has 0 N–H and O–H groups in total. The molecule has 3 amide bonds. The van der Waals surface area contributed by atoms with Gasteiger partial charge in [0.25, 0.3) is 11.6 Å². The van der Waals surface area contributed by atoms with Crippen LogP contribution < -0.4 is 0 Å². The van der Waals surface area contributed by atoms with Crippen molar-refractivity contribution in [3.8, 4) is 0 Å². The number of non-ortho nitro benzene ring substituents is 1. The summed E-state index contributed by atoms with van der Waals surface area (Å²) in [6.07, 6.45) is 0. The first kappa shape index (κ1) is 21.0. The Morgan fingerprint density at radius 2 is 1.74 bits per heavy atom. The molecule has 1 fully saturated rings. The van der Waals surface area contributed by atoms with E-state index in [1.165, 1.54) is 17.0 Å². The average molecular weight is 394 g/mol. The van der Waals surface area contributed by atoms with E-state index in [1.54, 1.807) is 26.0 Å². The Hall–Kier alpha value is -2.26. The lowest BCUT2D eigenvalue weighted by molar-refractivity contribution is -0.384. The number of carbonyl (C=O) groups excluding carboxylic acids is 2. The Balaban J connectivity index is 2.05. The topological polar surface area (TPSA) is 93.0 Å². The first-order valence-corrected chi connectivity index (χ1v) is 12.6. The minimum Gasteiger partial charge on any atom is -0.361 e. The fourth-order valence-corrected chi connectivity index (χ4v) is 3.49. The number of hydrogen-bond acceptors (Lipinski definition) is 5. The van der Waals surface area contributed by atoms with Crippen molar-refractivity contribution in [3.05, 3.63) is 39.9 Å². The van der Waals surface area contributed by atoms with Crippen molar-refractivity contribution < 1.29 is 19.2 Å². The highest BCUT2D eigenvalue weighted by atomic mass is 28.3. The van der Waals surface area contributed by atoms with E-state index in [4.69, 9.17) is 4.74 Å². The first-order valence-electron chi connectivity index (χ1n) is 8.88. The molecular formula is C18H27N3O5Si. The predicted octanol–water partition coefficient (Wildman–Crippen LogP) is 3.45. The molecule has 1 aromatic rings. The van der Waals surface area contributed by atoms with E-state index in [2.05, 4.69) is 19.6 Å². The quantitative estimate of drug-likeness (QED) is 0.222. The number of urea groups is 1. The summed E-state index contributed by atoms with van der Waals surface area (Å²) in [5, 5.41) is 10.8. The average Bonchev–Trinajstić information content (AvgIpc) is 2.72. The number of hydrogen-bond donors (Lipinski definition) is 0. The molecule has 0 atom stereocenters. The van der Waals surface area contributed by atoms with Gasteiger partial charge < -0.3 is 9.64 Å². The maximum Gasteiger partial charge on any atom is 0.329 e. The molecule has 1 aliphatic rings. The number of nitro benzene ring substituents is 1. The summed E-state index contributed by atoms with van der Waals surface area (Å²) in [6.45, 7) is 10.8. The number of ether oxygens (including phenoxy) is 1. The lowest BCUT2D eigenvalue weighted by Gasteiger charge is -2.27. The number of amides is 3. The Labute approximate surface area is 160 Å². The van der Waals surface area contributed by atoms with Gasteiger partial charge in [0.2, 0.25) is 0 Å². The van der Waals surface area contributed by atoms with Gasteiger partial charge in [0, 0.05) is 33.4 Å². The van der Waals surface area contributed by atoms with Gasteiger partial charge in [0.05, 0.1) is 4.92 Å². The third-order valence-electron chi connectivity index (χ3n) is 4.61. The molecule has 0 radical (unpaired) electrons. The van der Waals surface area contributed by atoms with Crippen molar-refractivity contribution >= 4 is 25.7 Å². The standard InChI is InChI=1S/C18H27N3O5Si/c1-18(2)16(22)19(13-26-10-11-27(3,4)5)17(23)20(18)12-14-6-8-15(9-7-14)21(24)25/h6-9H,10-13H2,1-5H3. The van der Waals surface area contributed by atoms with Crippen molar-refractivity contribution in [2.24, 2.45) is 0 Å². The lowest BCUT2D eigenvalue weighted by Crippen LogP contribution is -2.43. The first-order chi connectivity index (χ1) is 12.4. The maximum atomic E-state index is 12.8. The van der Waals surface area contributed by atoms with Gasteiger partial charge in [0.15, 0.2) is 0 Å². The number of carbonyl (C=O) groups is 2. The highest BCUT2D eigenvalue weighted by Gasteiger charge is 2.51. The zero-order chi connectivity index (χ0) is 20.4. The fourth-order valence-electron chi connectivity index (χ4n) is 2.74. The molecule has 1 aliphatic heterocycles. The summed E-state index contributed by atoms with van der Waals surface area (Å²) in [5.74, 6) is -0.303. The van der Waals surface area contributed by atoms with Gasteiger partial charge in [0.1, 0.15) is 12.3 Å². The summed E-state index contributed by atoms with van der Waals surface area (Å²) >= 11 is 0. The van der Waals surface area contributed by atoms with E-state index >= 15 is 0 Å². The second-order valence-corrected chi connectivity index (χ2v) is 14.1. The van der Waals surface area contributed by atoms with Crippen molar-refractivity contribution in [2.75, 3.05) is 13.3 Å². The molecule has 0 bridgehead atoms. The largest absolute Gasteiger partial charge is 0.361 e. The molecule has 1 heterocycles. The van der Waals surface area contributed by atoms with Gasteiger partial charge in [-0.05, 0) is 25.5 Å². The van der Waals surface area contributed by atoms with Crippen LogP contribution in [0.15, 0.2) is 24.3 Å². The maximum absolute atomic E-state index is 12.8. The number of rotatable bonds is 8. The number of nitrogens with zero attached hydrogens (tertiary/aromatic N) is 3. The molecule has 2 rings (SSSR count). The van der Waals surface area contributed by atoms with Crippen LogP contribution in [0.4, 0.5) is 10.5 Å². The van der Waals surface area contributed by atoms with Gasteiger partial charge in [-0.3, -0.25) is 14.9 Å². The summed E-state index contributed by atoms with van der Waals surface area (Å²) in [4.78, 5) is 38.3. The molecule has 0 aliphatic carbocycles. The molecule has 0 spiro atoms. The molecule has 1 aromatic carbocycles. The third-order valence-corrected chi connectivity index (χ3v) is 6.31. The Kier molecular flexibility index (Phi) is 6.06. The van der Waals surface area contributed by atoms with E-state index in [-0.39, 0.29) is 24.9 Å². The molecule has 0 unspecified atom stereocenters. The van der Waals surface area contributed by atoms with Crippen molar-refractivity contribution in [1.29, 1.82) is 0 Å². The Morgan fingerprint density at radius 3 is 2.26 bits per heavy atom. The number of nitro groups is 1. The normalized spacial score (nSPS) is 16.9. The second kappa shape index (κ2) is 7.77. The van der Waals surface area contributed by atoms with E-state index in [1.807, 2.05) is 0 Å². The third kappa shape index (κ3) is 4.92. The summed E-state index contributed by atoms with van der Waals surface area (Å²) in [5.41, 5.74) is -0.295. The predicted molar refractivity (Wildman–Crippen MR) is 104 cm³/mol. The molecule has 148 valence electrons. The van der Waals surface area contributed by atoms with Gasteiger partial charge in [-0.2, -0.15) is 0 Å². The highest BCUT2D eigenvalue weighted by molar-refractivity contribution is 6.76. The van der Waals surface area contributed by atoms with Crippen LogP contribution in [-0.4, -0.2) is 53.6 Å². The SMILES string of the molecule is CC1(C)C(=O)N(COCC[Si](C)(C)C)C(=O)N1Cc1ccc([N+](=O)[O-])cc1. The van der Waals surface area contributed by atoms with Crippen LogP contribution in [0, 0.1) is 10.1 Å². The van der Waals surface area contributed by atoms with E-state index < -0.39 is 24.6 Å². The van der Waals surface area contributed by atoms with Gasteiger partial charge in [-0.1, -0.05) is 31.8 Å². The number of benzene rings is 1. The fraction of sp³-hybridized carbons (Fsp3) is 0.556. The zero-order valence-corrected chi connectivity index (χ0v) is 17.5. The van der Waals surface area contributed by atoms with Crippen molar-refractivity contribution in [2.45, 2.75) is 51.6 Å². The molecule has 0 aromatic heterocycles. The van der Waals surface area contributed by atoms with E-state index in [0.29, 0.717) is 6.61 Å². The smallest absolute Gasteiger partial charge is 0.329 e. The van der Waals surface area contributed by atoms with Gasteiger partial charge >= 0.3 is 6.03 Å². The highest BCUT2D eigenvalue weighted by Crippen LogP contribution is 2.29. The van der Waals surface area contributed by atoms with Crippen LogP contribution in [0.3, 0.4) is 0 Å². The molecule has 0 saturated carbocycles. The van der Waals surface area contributed by atoms with E-state index in [0.717, 1.165) is 16.5 Å². The molecule has 1 saturated heterocycles. The van der Waals surface area contributed by atoms with Crippen molar-refractivity contribution in [3.63, 3.8) is 0 Å². The van der Waals surface area contributed by atoms with Crippen LogP contribution in [0.5, 0.6) is 0 Å². The van der Waals surface area contributed by atoms with Gasteiger partial charge in [-0.25, -0.2) is 9.69 Å². The van der Waals surface area contributed by atoms with E-state index in [9.17, 15) is 19.7 Å². The van der Waals surface area contributed by atoms with Crippen LogP contribution in [-0.2, 0) is 16.1 Å². The second-order valence-electron chi connectivity index (χ2n) is 8.43. The monoisotopic (exact) mass is 393 g/mol. The van der Waals surface area contributed by atoms with Crippen LogP contribution >= 0.6 is 0 Å². The molecular weight excluding hydrogens is 366 g/mol. The van der Waals surface area contributed by atoms with Crippen molar-refractivity contribution in [1.82, 2.24) is 9.80 Å². The number of imide groups is 1. The zero-order valence-electron chi connectivity index (χ0n) is 16.5. The van der Waals surface area contributed by atoms with Gasteiger partial charge in [-0.15, -0.1) is 0 Å². The Morgan fingerprint density at radius 1 is 1.15 bits per heavy atom. The Bertz CT molecular complexity index is 728. The minimum atomic E-state index is -1.25. The molecule has 8 nitrogen and oxygen atoms in total.